The molecule has 0 bridgehead atoms. The predicted octanol–water partition coefficient (Wildman–Crippen LogP) is 2.55. The molecule has 1 heterocycles. The molecule has 1 aliphatic rings. The zero-order valence-corrected chi connectivity index (χ0v) is 20.3. The van der Waals surface area contributed by atoms with E-state index in [4.69, 9.17) is 4.74 Å². The first-order valence-corrected chi connectivity index (χ1v) is 13.6. The third-order valence-electron chi connectivity index (χ3n) is 5.28. The smallest absolute Gasteiger partial charge is 0.245 e. The molecule has 186 valence electrons. The Morgan fingerprint density at radius 2 is 1.71 bits per heavy atom. The van der Waals surface area contributed by atoms with Crippen LogP contribution in [0.3, 0.4) is 0 Å². The van der Waals surface area contributed by atoms with Gasteiger partial charge in [0.15, 0.2) is 11.6 Å². The van der Waals surface area contributed by atoms with Crippen molar-refractivity contribution in [1.82, 2.24) is 4.31 Å². The van der Waals surface area contributed by atoms with Gasteiger partial charge in [-0.3, -0.25) is 9.10 Å². The summed E-state index contributed by atoms with van der Waals surface area (Å²) in [5.41, 5.74) is -0.228. The molecule has 1 amide bonds. The van der Waals surface area contributed by atoms with E-state index in [1.165, 1.54) is 29.6 Å². The summed E-state index contributed by atoms with van der Waals surface area (Å²) in [6.07, 6.45) is 3.27. The molecule has 0 radical (unpaired) electrons. The second-order valence-corrected chi connectivity index (χ2v) is 11.6. The molecule has 9 nitrogen and oxygen atoms in total. The number of methoxy groups -OCH3 is 1. The zero-order valence-electron chi connectivity index (χ0n) is 18.6. The van der Waals surface area contributed by atoms with Crippen LogP contribution in [-0.4, -0.2) is 60.0 Å². The number of piperidine rings is 1. The molecule has 2 aromatic carbocycles. The minimum absolute atomic E-state index is 0.0179. The van der Waals surface area contributed by atoms with Crippen molar-refractivity contribution < 1.29 is 35.1 Å². The van der Waals surface area contributed by atoms with Crippen LogP contribution in [0.1, 0.15) is 19.3 Å². The molecule has 0 unspecified atom stereocenters. The van der Waals surface area contributed by atoms with Gasteiger partial charge in [-0.05, 0) is 43.2 Å². The highest BCUT2D eigenvalue weighted by molar-refractivity contribution is 7.92. The summed E-state index contributed by atoms with van der Waals surface area (Å²) < 4.78 is 84.5. The Labute approximate surface area is 197 Å². The van der Waals surface area contributed by atoms with E-state index < -0.39 is 44.1 Å². The third kappa shape index (κ3) is 5.83. The number of amides is 1. The van der Waals surface area contributed by atoms with E-state index in [0.717, 1.165) is 37.7 Å². The first kappa shape index (κ1) is 25.8. The van der Waals surface area contributed by atoms with Crippen LogP contribution < -0.4 is 14.4 Å². The fraction of sp³-hybridized carbons (Fsp3) is 0.381. The highest BCUT2D eigenvalue weighted by atomic mass is 32.2. The number of ether oxygens (including phenoxy) is 1. The van der Waals surface area contributed by atoms with Gasteiger partial charge < -0.3 is 10.1 Å². The third-order valence-corrected chi connectivity index (χ3v) is 8.31. The molecule has 13 heteroatoms. The molecule has 1 saturated heterocycles. The van der Waals surface area contributed by atoms with E-state index in [1.807, 2.05) is 0 Å². The van der Waals surface area contributed by atoms with E-state index >= 15 is 0 Å². The van der Waals surface area contributed by atoms with Crippen LogP contribution in [0.5, 0.6) is 5.75 Å². The van der Waals surface area contributed by atoms with Crippen molar-refractivity contribution in [3.8, 4) is 5.75 Å². The average Bonchev–Trinajstić information content (AvgIpc) is 2.79. The topological polar surface area (TPSA) is 113 Å². The van der Waals surface area contributed by atoms with Gasteiger partial charge in [0, 0.05) is 19.2 Å². The van der Waals surface area contributed by atoms with Gasteiger partial charge in [0.05, 0.1) is 29.6 Å². The number of hydrogen-bond acceptors (Lipinski definition) is 6. The van der Waals surface area contributed by atoms with Crippen molar-refractivity contribution >= 4 is 37.3 Å². The summed E-state index contributed by atoms with van der Waals surface area (Å²) in [7, 11) is -6.52. The van der Waals surface area contributed by atoms with Crippen molar-refractivity contribution in [2.24, 2.45) is 0 Å². The Bertz CT molecular complexity index is 1280. The number of benzene rings is 2. The minimum atomic E-state index is -4.05. The second-order valence-electron chi connectivity index (χ2n) is 7.74. The lowest BCUT2D eigenvalue weighted by Gasteiger charge is -2.26. The molecule has 34 heavy (non-hydrogen) atoms. The largest absolute Gasteiger partial charge is 0.495 e. The van der Waals surface area contributed by atoms with Crippen LogP contribution in [0.4, 0.5) is 20.2 Å². The number of halogens is 2. The van der Waals surface area contributed by atoms with Crippen LogP contribution in [0.2, 0.25) is 0 Å². The predicted molar refractivity (Wildman–Crippen MR) is 123 cm³/mol. The van der Waals surface area contributed by atoms with Gasteiger partial charge in [-0.1, -0.05) is 6.42 Å². The van der Waals surface area contributed by atoms with E-state index in [-0.39, 0.29) is 22.0 Å². The molecule has 3 rings (SSSR count). The molecule has 1 fully saturated rings. The number of sulfonamides is 2. The summed E-state index contributed by atoms with van der Waals surface area (Å²) in [5, 5.41) is 2.45. The highest BCUT2D eigenvalue weighted by Crippen LogP contribution is 2.30. The van der Waals surface area contributed by atoms with Gasteiger partial charge in [-0.2, -0.15) is 4.31 Å². The Hall–Kier alpha value is -2.77. The molecule has 0 aliphatic carbocycles. The maximum Gasteiger partial charge on any atom is 0.245 e. The number of hydrogen-bond donors (Lipinski definition) is 1. The first-order valence-electron chi connectivity index (χ1n) is 10.3. The lowest BCUT2D eigenvalue weighted by Crippen LogP contribution is -2.37. The van der Waals surface area contributed by atoms with Crippen molar-refractivity contribution in [3.63, 3.8) is 0 Å². The number of anilines is 2. The fourth-order valence-electron chi connectivity index (χ4n) is 3.56. The van der Waals surface area contributed by atoms with Crippen LogP contribution in [0.15, 0.2) is 41.3 Å². The Morgan fingerprint density at radius 3 is 2.29 bits per heavy atom. The van der Waals surface area contributed by atoms with Crippen molar-refractivity contribution in [3.05, 3.63) is 48.0 Å². The van der Waals surface area contributed by atoms with E-state index in [2.05, 4.69) is 5.32 Å². The summed E-state index contributed by atoms with van der Waals surface area (Å²) in [6, 6.07) is 6.43. The van der Waals surface area contributed by atoms with E-state index in [0.29, 0.717) is 23.5 Å². The van der Waals surface area contributed by atoms with Gasteiger partial charge in [0.25, 0.3) is 0 Å². The maximum absolute atomic E-state index is 13.6. The van der Waals surface area contributed by atoms with Gasteiger partial charge in [0.2, 0.25) is 26.0 Å². The quantitative estimate of drug-likeness (QED) is 0.576. The normalized spacial score (nSPS) is 15.1. The molecule has 0 saturated carbocycles. The standard InChI is InChI=1S/C21H25F2N3O6S2/c1-32-20-9-7-16(34(30,31)25-10-4-3-5-11-25)13-19(20)24-21(27)14-26(33(2,28)29)15-6-8-17(22)18(23)12-15/h6-9,12-13H,3-5,10-11,14H2,1-2H3,(H,24,27). The van der Waals surface area contributed by atoms with Crippen molar-refractivity contribution in [1.29, 1.82) is 0 Å². The number of nitrogens with one attached hydrogen (secondary N) is 1. The number of rotatable bonds is 8. The monoisotopic (exact) mass is 517 g/mol. The van der Waals surface area contributed by atoms with Gasteiger partial charge in [-0.25, -0.2) is 25.6 Å². The molecule has 0 spiro atoms. The molecule has 0 aromatic heterocycles. The molecule has 2 aromatic rings. The van der Waals surface area contributed by atoms with E-state index in [1.54, 1.807) is 0 Å². The summed E-state index contributed by atoms with van der Waals surface area (Å²) in [5.74, 6) is -3.13. The van der Waals surface area contributed by atoms with Gasteiger partial charge in [-0.15, -0.1) is 0 Å². The van der Waals surface area contributed by atoms with Gasteiger partial charge in [0.1, 0.15) is 12.3 Å². The Balaban J connectivity index is 1.87. The summed E-state index contributed by atoms with van der Waals surface area (Å²) >= 11 is 0. The highest BCUT2D eigenvalue weighted by Gasteiger charge is 2.28. The average molecular weight is 518 g/mol. The van der Waals surface area contributed by atoms with Crippen LogP contribution in [0.25, 0.3) is 0 Å². The minimum Gasteiger partial charge on any atom is -0.495 e. The Morgan fingerprint density at radius 1 is 1.03 bits per heavy atom. The molecule has 0 atom stereocenters. The number of carbonyl (C=O) groups is 1. The molecule has 1 N–H and O–H groups in total. The first-order chi connectivity index (χ1) is 15.9. The maximum atomic E-state index is 13.6. The SMILES string of the molecule is COc1ccc(S(=O)(=O)N2CCCCC2)cc1NC(=O)CN(c1ccc(F)c(F)c1)S(C)(=O)=O. The fourth-order valence-corrected chi connectivity index (χ4v) is 5.95. The second kappa shape index (κ2) is 10.2. The lowest BCUT2D eigenvalue weighted by atomic mass is 10.2. The van der Waals surface area contributed by atoms with E-state index in [9.17, 15) is 30.4 Å². The zero-order chi connectivity index (χ0) is 25.1. The lowest BCUT2D eigenvalue weighted by molar-refractivity contribution is -0.114. The van der Waals surface area contributed by atoms with Crippen LogP contribution >= 0.6 is 0 Å². The Kier molecular flexibility index (Phi) is 7.78. The van der Waals surface area contributed by atoms with Crippen molar-refractivity contribution in [2.45, 2.75) is 24.2 Å². The summed E-state index contributed by atoms with van der Waals surface area (Å²) in [4.78, 5) is 12.7. The van der Waals surface area contributed by atoms with Crippen LogP contribution in [-0.2, 0) is 24.8 Å². The molecular weight excluding hydrogens is 492 g/mol. The van der Waals surface area contributed by atoms with Crippen LogP contribution in [0, 0.1) is 11.6 Å². The van der Waals surface area contributed by atoms with Crippen molar-refractivity contribution in [2.75, 3.05) is 42.6 Å². The van der Waals surface area contributed by atoms with Gasteiger partial charge >= 0.3 is 0 Å². The number of nitrogens with zero attached hydrogens (tertiary/aromatic N) is 2. The molecular formula is C21H25F2N3O6S2. The summed E-state index contributed by atoms with van der Waals surface area (Å²) in [6.45, 7) is 0.0252. The number of carbonyl (C=O) groups excluding carboxylic acids is 1. The molecule has 1 aliphatic heterocycles.